The first-order valence-corrected chi connectivity index (χ1v) is 5.38. The number of benzene rings is 1. The molecule has 0 aromatic heterocycles. The Balaban J connectivity index is 2.44. The minimum Gasteiger partial charge on any atom is -0.465 e. The number of nitrogens with zero attached hydrogens (tertiary/aromatic N) is 1. The van der Waals surface area contributed by atoms with Gasteiger partial charge in [-0.05, 0) is 19.1 Å². The first-order chi connectivity index (χ1) is 9.02. The molecule has 1 N–H and O–H groups in total. The molecular weight excluding hydrogens is 256 g/mol. The van der Waals surface area contributed by atoms with E-state index in [9.17, 15) is 19.7 Å². The van der Waals surface area contributed by atoms with Gasteiger partial charge in [-0.2, -0.15) is 0 Å². The zero-order chi connectivity index (χ0) is 14.3. The molecule has 0 bridgehead atoms. The van der Waals surface area contributed by atoms with Crippen LogP contribution in [0.15, 0.2) is 24.3 Å². The molecule has 1 aromatic carbocycles. The molecule has 0 saturated heterocycles. The fourth-order valence-electron chi connectivity index (χ4n) is 1.14. The standard InChI is InChI=1S/C11H12N2O6/c1-2-18-10(14)7-12-11(15)19-9-5-3-8(4-6-9)13(16)17/h3-6H,2,7H2,1H3,(H,12,15). The Kier molecular flexibility index (Phi) is 5.27. The Hall–Kier alpha value is -2.64. The highest BCUT2D eigenvalue weighted by atomic mass is 16.6. The normalized spacial score (nSPS) is 9.53. The van der Waals surface area contributed by atoms with Gasteiger partial charge in [0.1, 0.15) is 12.3 Å². The Labute approximate surface area is 108 Å². The molecule has 0 fully saturated rings. The summed E-state index contributed by atoms with van der Waals surface area (Å²) in [6.45, 7) is 1.56. The summed E-state index contributed by atoms with van der Waals surface area (Å²) in [7, 11) is 0. The van der Waals surface area contributed by atoms with Crippen molar-refractivity contribution in [2.75, 3.05) is 13.2 Å². The Morgan fingerprint density at radius 3 is 2.47 bits per heavy atom. The van der Waals surface area contributed by atoms with Crippen molar-refractivity contribution in [3.05, 3.63) is 34.4 Å². The van der Waals surface area contributed by atoms with Crippen molar-refractivity contribution in [1.82, 2.24) is 5.32 Å². The van der Waals surface area contributed by atoms with Crippen LogP contribution in [-0.4, -0.2) is 30.1 Å². The number of nitro benzene ring substituents is 1. The van der Waals surface area contributed by atoms with Gasteiger partial charge in [-0.1, -0.05) is 0 Å². The van der Waals surface area contributed by atoms with Crippen LogP contribution in [0.1, 0.15) is 6.92 Å². The van der Waals surface area contributed by atoms with Crippen molar-refractivity contribution in [1.29, 1.82) is 0 Å². The van der Waals surface area contributed by atoms with Crippen molar-refractivity contribution in [3.8, 4) is 5.75 Å². The van der Waals surface area contributed by atoms with Crippen LogP contribution in [0, 0.1) is 10.1 Å². The van der Waals surface area contributed by atoms with Crippen LogP contribution in [0.3, 0.4) is 0 Å². The topological polar surface area (TPSA) is 108 Å². The summed E-state index contributed by atoms with van der Waals surface area (Å²) >= 11 is 0. The van der Waals surface area contributed by atoms with Gasteiger partial charge in [0.2, 0.25) is 0 Å². The molecule has 0 saturated carbocycles. The van der Waals surface area contributed by atoms with Gasteiger partial charge in [0.05, 0.1) is 11.5 Å². The summed E-state index contributed by atoms with van der Waals surface area (Å²) < 4.78 is 9.40. The van der Waals surface area contributed by atoms with Crippen LogP contribution in [0.2, 0.25) is 0 Å². The SMILES string of the molecule is CCOC(=O)CNC(=O)Oc1ccc([N+](=O)[O-])cc1. The van der Waals surface area contributed by atoms with E-state index in [2.05, 4.69) is 10.1 Å². The summed E-state index contributed by atoms with van der Waals surface area (Å²) in [4.78, 5) is 32.1. The van der Waals surface area contributed by atoms with Gasteiger partial charge in [0.15, 0.2) is 0 Å². The van der Waals surface area contributed by atoms with Crippen molar-refractivity contribution < 1.29 is 24.0 Å². The second kappa shape index (κ2) is 6.94. The van der Waals surface area contributed by atoms with Gasteiger partial charge in [-0.25, -0.2) is 4.79 Å². The van der Waals surface area contributed by atoms with E-state index in [0.29, 0.717) is 0 Å². The lowest BCUT2D eigenvalue weighted by Crippen LogP contribution is -2.32. The Morgan fingerprint density at radius 1 is 1.32 bits per heavy atom. The fourth-order valence-corrected chi connectivity index (χ4v) is 1.14. The van der Waals surface area contributed by atoms with Gasteiger partial charge in [-0.3, -0.25) is 14.9 Å². The van der Waals surface area contributed by atoms with E-state index in [1.54, 1.807) is 6.92 Å². The summed E-state index contributed by atoms with van der Waals surface area (Å²) in [5, 5.41) is 12.6. The van der Waals surface area contributed by atoms with Crippen molar-refractivity contribution in [3.63, 3.8) is 0 Å². The second-order valence-electron chi connectivity index (χ2n) is 3.30. The lowest BCUT2D eigenvalue weighted by molar-refractivity contribution is -0.384. The zero-order valence-corrected chi connectivity index (χ0v) is 10.1. The molecule has 0 radical (unpaired) electrons. The molecule has 0 unspecified atom stereocenters. The number of carbonyl (C=O) groups is 2. The lowest BCUT2D eigenvalue weighted by atomic mass is 10.3. The molecule has 102 valence electrons. The minimum atomic E-state index is -0.845. The molecule has 0 aliphatic rings. The number of nitrogens with one attached hydrogen (secondary N) is 1. The molecule has 0 aliphatic carbocycles. The fraction of sp³-hybridized carbons (Fsp3) is 0.273. The van der Waals surface area contributed by atoms with E-state index in [0.717, 1.165) is 0 Å². The molecule has 0 spiro atoms. The molecule has 8 heteroatoms. The third-order valence-electron chi connectivity index (χ3n) is 1.94. The van der Waals surface area contributed by atoms with Gasteiger partial charge >= 0.3 is 12.1 Å². The predicted octanol–water partition coefficient (Wildman–Crippen LogP) is 1.25. The van der Waals surface area contributed by atoms with E-state index in [1.807, 2.05) is 0 Å². The number of carbonyl (C=O) groups excluding carboxylic acids is 2. The van der Waals surface area contributed by atoms with Crippen LogP contribution in [0.5, 0.6) is 5.75 Å². The van der Waals surface area contributed by atoms with Crippen LogP contribution < -0.4 is 10.1 Å². The average molecular weight is 268 g/mol. The number of rotatable bonds is 5. The summed E-state index contributed by atoms with van der Waals surface area (Å²) in [5.41, 5.74) is -0.112. The molecule has 0 heterocycles. The summed E-state index contributed by atoms with van der Waals surface area (Å²) in [5.74, 6) is -0.449. The lowest BCUT2D eigenvalue weighted by Gasteiger charge is -2.05. The molecule has 0 atom stereocenters. The van der Waals surface area contributed by atoms with Crippen LogP contribution in [0.4, 0.5) is 10.5 Å². The van der Waals surface area contributed by atoms with Crippen LogP contribution in [0.25, 0.3) is 0 Å². The maximum atomic E-state index is 11.3. The number of non-ortho nitro benzene ring substituents is 1. The second-order valence-corrected chi connectivity index (χ2v) is 3.30. The molecular formula is C11H12N2O6. The highest BCUT2D eigenvalue weighted by Crippen LogP contribution is 2.17. The average Bonchev–Trinajstić information content (AvgIpc) is 2.37. The van der Waals surface area contributed by atoms with Crippen molar-refractivity contribution >= 4 is 17.7 Å². The van der Waals surface area contributed by atoms with Gasteiger partial charge in [0.25, 0.3) is 5.69 Å². The first-order valence-electron chi connectivity index (χ1n) is 5.38. The number of ether oxygens (including phenoxy) is 2. The van der Waals surface area contributed by atoms with E-state index in [4.69, 9.17) is 4.74 Å². The van der Waals surface area contributed by atoms with E-state index in [-0.39, 0.29) is 24.6 Å². The van der Waals surface area contributed by atoms with Gasteiger partial charge in [0, 0.05) is 12.1 Å². The number of nitro groups is 1. The van der Waals surface area contributed by atoms with Crippen molar-refractivity contribution in [2.24, 2.45) is 0 Å². The van der Waals surface area contributed by atoms with E-state index in [1.165, 1.54) is 24.3 Å². The first kappa shape index (κ1) is 14.4. The van der Waals surface area contributed by atoms with Gasteiger partial charge in [-0.15, -0.1) is 0 Å². The highest BCUT2D eigenvalue weighted by Gasteiger charge is 2.09. The molecule has 1 amide bonds. The predicted molar refractivity (Wildman–Crippen MR) is 63.8 cm³/mol. The zero-order valence-electron chi connectivity index (χ0n) is 10.1. The van der Waals surface area contributed by atoms with Crippen LogP contribution >= 0.6 is 0 Å². The Morgan fingerprint density at radius 2 is 1.95 bits per heavy atom. The number of hydrogen-bond acceptors (Lipinski definition) is 6. The quantitative estimate of drug-likeness (QED) is 0.489. The molecule has 1 aromatic rings. The number of amides is 1. The van der Waals surface area contributed by atoms with E-state index >= 15 is 0 Å². The maximum absolute atomic E-state index is 11.3. The molecule has 8 nitrogen and oxygen atoms in total. The molecule has 19 heavy (non-hydrogen) atoms. The van der Waals surface area contributed by atoms with E-state index < -0.39 is 17.0 Å². The molecule has 0 aliphatic heterocycles. The smallest absolute Gasteiger partial charge is 0.413 e. The molecule has 1 rings (SSSR count). The largest absolute Gasteiger partial charge is 0.465 e. The van der Waals surface area contributed by atoms with Crippen molar-refractivity contribution in [2.45, 2.75) is 6.92 Å². The van der Waals surface area contributed by atoms with Gasteiger partial charge < -0.3 is 14.8 Å². The summed E-state index contributed by atoms with van der Waals surface area (Å²) in [6, 6.07) is 4.96. The maximum Gasteiger partial charge on any atom is 0.413 e. The monoisotopic (exact) mass is 268 g/mol. The third kappa shape index (κ3) is 5.02. The minimum absolute atomic E-state index is 0.112. The Bertz CT molecular complexity index is 471. The van der Waals surface area contributed by atoms with Crippen LogP contribution in [-0.2, 0) is 9.53 Å². The number of esters is 1. The highest BCUT2D eigenvalue weighted by molar-refractivity contribution is 5.78. The number of hydrogen-bond donors (Lipinski definition) is 1. The summed E-state index contributed by atoms with van der Waals surface area (Å²) in [6.07, 6.45) is -0.845. The third-order valence-corrected chi connectivity index (χ3v) is 1.94.